The number of amides is 2. The summed E-state index contributed by atoms with van der Waals surface area (Å²) in [6, 6.07) is 9.76. The third kappa shape index (κ3) is 7.22. The Hall–Kier alpha value is -2.10. The number of thiocarbonyl (C=S) groups is 1. The van der Waals surface area contributed by atoms with Gasteiger partial charge in [0.25, 0.3) is 5.91 Å². The van der Waals surface area contributed by atoms with Crippen LogP contribution in [0.15, 0.2) is 35.2 Å². The molecule has 0 unspecified atom stereocenters. The molecule has 1 aromatic carbocycles. The number of carbonyl (C=O) groups excluding carboxylic acids is 2. The zero-order chi connectivity index (χ0) is 22.1. The molecule has 2 aromatic rings. The first-order chi connectivity index (χ1) is 15.1. The molecule has 2 amide bonds. The Labute approximate surface area is 196 Å². The molecule has 0 saturated carbocycles. The predicted octanol–water partition coefficient (Wildman–Crippen LogP) is 5.28. The standard InChI is InChI=1S/C22H26N4O2S3/c1-2-3-13-19-24-25-21(31-19)23-18(27)12-8-5-9-14-26-20(28)17(30-22(26)29)15-16-10-6-4-7-11-16/h4,6-7,10-11,15H,2-3,5,8-9,12-14H2,1H3,(H,23,25,27). The molecule has 0 spiro atoms. The first kappa shape index (κ1) is 23.6. The van der Waals surface area contributed by atoms with Gasteiger partial charge in [-0.15, -0.1) is 10.2 Å². The highest BCUT2D eigenvalue weighted by Crippen LogP contribution is 2.32. The van der Waals surface area contributed by atoms with Crippen LogP contribution in [-0.4, -0.2) is 37.8 Å². The molecule has 0 aliphatic carbocycles. The van der Waals surface area contributed by atoms with Crippen LogP contribution in [0, 0.1) is 0 Å². The molecular weight excluding hydrogens is 448 g/mol. The van der Waals surface area contributed by atoms with E-state index in [4.69, 9.17) is 12.2 Å². The summed E-state index contributed by atoms with van der Waals surface area (Å²) in [5, 5.41) is 12.5. The molecule has 1 aliphatic heterocycles. The van der Waals surface area contributed by atoms with Gasteiger partial charge in [0, 0.05) is 19.4 Å². The summed E-state index contributed by atoms with van der Waals surface area (Å²) in [4.78, 5) is 27.1. The van der Waals surface area contributed by atoms with Crippen molar-refractivity contribution in [1.82, 2.24) is 15.1 Å². The summed E-state index contributed by atoms with van der Waals surface area (Å²) < 4.78 is 0.597. The average molecular weight is 475 g/mol. The number of thioether (sulfide) groups is 1. The van der Waals surface area contributed by atoms with Crippen LogP contribution < -0.4 is 5.32 Å². The molecule has 0 atom stereocenters. The van der Waals surface area contributed by atoms with Gasteiger partial charge in [-0.25, -0.2) is 0 Å². The second kappa shape index (κ2) is 12.1. The Morgan fingerprint density at radius 1 is 1.16 bits per heavy atom. The van der Waals surface area contributed by atoms with Crippen molar-refractivity contribution in [2.24, 2.45) is 0 Å². The summed E-state index contributed by atoms with van der Waals surface area (Å²) in [7, 11) is 0. The van der Waals surface area contributed by atoms with E-state index in [1.807, 2.05) is 36.4 Å². The van der Waals surface area contributed by atoms with Gasteiger partial charge >= 0.3 is 0 Å². The molecule has 0 radical (unpaired) electrons. The Balaban J connectivity index is 1.36. The zero-order valence-corrected chi connectivity index (χ0v) is 20.0. The molecule has 164 valence electrons. The number of anilines is 1. The summed E-state index contributed by atoms with van der Waals surface area (Å²) in [5.74, 6) is -0.0821. The third-order valence-corrected chi connectivity index (χ3v) is 6.99. The minimum Gasteiger partial charge on any atom is -0.301 e. The van der Waals surface area contributed by atoms with E-state index in [0.717, 1.165) is 49.1 Å². The molecular formula is C22H26N4O2S3. The van der Waals surface area contributed by atoms with E-state index in [-0.39, 0.29) is 11.8 Å². The molecule has 1 N–H and O–H groups in total. The zero-order valence-electron chi connectivity index (χ0n) is 17.5. The maximum Gasteiger partial charge on any atom is 0.266 e. The van der Waals surface area contributed by atoms with E-state index in [0.29, 0.717) is 27.3 Å². The molecule has 31 heavy (non-hydrogen) atoms. The number of nitrogens with one attached hydrogen (secondary N) is 1. The Morgan fingerprint density at radius 3 is 2.74 bits per heavy atom. The van der Waals surface area contributed by atoms with Crippen molar-refractivity contribution in [3.63, 3.8) is 0 Å². The number of aryl methyl sites for hydroxylation is 1. The minimum atomic E-state index is -0.0467. The Morgan fingerprint density at radius 2 is 1.97 bits per heavy atom. The quantitative estimate of drug-likeness (QED) is 0.271. The summed E-state index contributed by atoms with van der Waals surface area (Å²) in [6.45, 7) is 2.71. The molecule has 9 heteroatoms. The smallest absolute Gasteiger partial charge is 0.266 e. The van der Waals surface area contributed by atoms with Gasteiger partial charge in [0.05, 0.1) is 4.91 Å². The van der Waals surface area contributed by atoms with Gasteiger partial charge in [-0.3, -0.25) is 14.5 Å². The highest BCUT2D eigenvalue weighted by molar-refractivity contribution is 8.26. The number of hydrogen-bond donors (Lipinski definition) is 1. The SMILES string of the molecule is CCCCc1nnc(NC(=O)CCCCCN2C(=O)C(=Cc3ccccc3)SC2=S)s1. The molecule has 1 fully saturated rings. The number of rotatable bonds is 11. The van der Waals surface area contributed by atoms with Crippen molar-refractivity contribution < 1.29 is 9.59 Å². The first-order valence-electron chi connectivity index (χ1n) is 10.5. The van der Waals surface area contributed by atoms with Gasteiger partial charge < -0.3 is 5.32 Å². The number of aromatic nitrogens is 2. The van der Waals surface area contributed by atoms with Crippen molar-refractivity contribution in [2.45, 2.75) is 51.9 Å². The largest absolute Gasteiger partial charge is 0.301 e. The van der Waals surface area contributed by atoms with E-state index in [2.05, 4.69) is 22.4 Å². The fourth-order valence-corrected chi connectivity index (χ4v) is 5.15. The number of unbranched alkanes of at least 4 members (excludes halogenated alkanes) is 3. The van der Waals surface area contributed by atoms with Crippen LogP contribution in [0.1, 0.15) is 56.0 Å². The maximum atomic E-state index is 12.6. The minimum absolute atomic E-state index is 0.0354. The van der Waals surface area contributed by atoms with Gasteiger partial charge in [0.1, 0.15) is 9.33 Å². The maximum absolute atomic E-state index is 12.6. The average Bonchev–Trinajstić information content (AvgIpc) is 3.31. The second-order valence-electron chi connectivity index (χ2n) is 7.21. The Bertz CT molecular complexity index is 943. The van der Waals surface area contributed by atoms with Crippen molar-refractivity contribution in [3.8, 4) is 0 Å². The fourth-order valence-electron chi connectivity index (χ4n) is 3.04. The number of carbonyl (C=O) groups is 2. The second-order valence-corrected chi connectivity index (χ2v) is 9.95. The van der Waals surface area contributed by atoms with Gasteiger partial charge in [-0.2, -0.15) is 0 Å². The summed E-state index contributed by atoms with van der Waals surface area (Å²) >= 11 is 8.17. The summed E-state index contributed by atoms with van der Waals surface area (Å²) in [5.41, 5.74) is 0.988. The van der Waals surface area contributed by atoms with Gasteiger partial charge in [-0.05, 0) is 30.9 Å². The van der Waals surface area contributed by atoms with Gasteiger partial charge in [-0.1, -0.05) is 85.4 Å². The topological polar surface area (TPSA) is 75.2 Å². The molecule has 6 nitrogen and oxygen atoms in total. The molecule has 1 aliphatic rings. The van der Waals surface area contributed by atoms with E-state index < -0.39 is 0 Å². The molecule has 2 heterocycles. The first-order valence-corrected chi connectivity index (χ1v) is 12.5. The van der Waals surface area contributed by atoms with Crippen LogP contribution >= 0.6 is 35.3 Å². The van der Waals surface area contributed by atoms with Gasteiger partial charge in [0.15, 0.2) is 0 Å². The van der Waals surface area contributed by atoms with Crippen molar-refractivity contribution in [1.29, 1.82) is 0 Å². The van der Waals surface area contributed by atoms with E-state index >= 15 is 0 Å². The lowest BCUT2D eigenvalue weighted by Crippen LogP contribution is -2.29. The van der Waals surface area contributed by atoms with Crippen molar-refractivity contribution >= 4 is 62.7 Å². The lowest BCUT2D eigenvalue weighted by atomic mass is 10.2. The normalized spacial score (nSPS) is 15.1. The van der Waals surface area contributed by atoms with Crippen LogP contribution in [0.4, 0.5) is 5.13 Å². The van der Waals surface area contributed by atoms with Crippen molar-refractivity contribution in [3.05, 3.63) is 45.8 Å². The molecule has 1 saturated heterocycles. The fraction of sp³-hybridized carbons (Fsp3) is 0.409. The highest BCUT2D eigenvalue weighted by atomic mass is 32.2. The number of hydrogen-bond acceptors (Lipinski definition) is 7. The predicted molar refractivity (Wildman–Crippen MR) is 132 cm³/mol. The number of benzene rings is 1. The van der Waals surface area contributed by atoms with Crippen molar-refractivity contribution in [2.75, 3.05) is 11.9 Å². The van der Waals surface area contributed by atoms with E-state index in [9.17, 15) is 9.59 Å². The monoisotopic (exact) mass is 474 g/mol. The molecule has 3 rings (SSSR count). The van der Waals surface area contributed by atoms with Crippen LogP contribution in [0.5, 0.6) is 0 Å². The van der Waals surface area contributed by atoms with E-state index in [1.165, 1.54) is 23.1 Å². The molecule has 1 aromatic heterocycles. The third-order valence-electron chi connectivity index (χ3n) is 4.71. The molecule has 0 bridgehead atoms. The van der Waals surface area contributed by atoms with Crippen LogP contribution in [0.3, 0.4) is 0 Å². The highest BCUT2D eigenvalue weighted by Gasteiger charge is 2.31. The Kier molecular flexibility index (Phi) is 9.17. The summed E-state index contributed by atoms with van der Waals surface area (Å²) in [6.07, 6.45) is 7.80. The number of nitrogens with zero attached hydrogens (tertiary/aromatic N) is 3. The van der Waals surface area contributed by atoms with Crippen LogP contribution in [0.2, 0.25) is 0 Å². The van der Waals surface area contributed by atoms with Crippen LogP contribution in [-0.2, 0) is 16.0 Å². The van der Waals surface area contributed by atoms with E-state index in [1.54, 1.807) is 4.90 Å². The lowest BCUT2D eigenvalue weighted by Gasteiger charge is -2.13. The van der Waals surface area contributed by atoms with Crippen LogP contribution in [0.25, 0.3) is 6.08 Å². The van der Waals surface area contributed by atoms with Gasteiger partial charge in [0.2, 0.25) is 11.0 Å². The lowest BCUT2D eigenvalue weighted by molar-refractivity contribution is -0.122.